The monoisotopic (exact) mass is 464 g/mol. The Balaban J connectivity index is 2.04. The standard InChI is InChI=1S/C26H36N2O2Si2/c1-27(2)31(7,23-13-9-21(29-5)10-14-23)25-17-19-26(20-18-25)32(8,28(3)4)24-15-11-22(30-6)12-16-24/h9-20H,1-8H3. The summed E-state index contributed by atoms with van der Waals surface area (Å²) in [4.78, 5) is 0. The summed E-state index contributed by atoms with van der Waals surface area (Å²) < 4.78 is 15.6. The van der Waals surface area contributed by atoms with Crippen LogP contribution in [-0.4, -0.2) is 68.0 Å². The Bertz CT molecular complexity index is 937. The van der Waals surface area contributed by atoms with E-state index in [2.05, 4.69) is 123 Å². The average molecular weight is 465 g/mol. The van der Waals surface area contributed by atoms with Gasteiger partial charge in [-0.1, -0.05) is 48.5 Å². The highest BCUT2D eigenvalue weighted by Gasteiger charge is 2.38. The lowest BCUT2D eigenvalue weighted by molar-refractivity contribution is 0.415. The van der Waals surface area contributed by atoms with Crippen molar-refractivity contribution in [3.8, 4) is 11.5 Å². The van der Waals surface area contributed by atoms with Crippen molar-refractivity contribution in [2.45, 2.75) is 13.1 Å². The highest BCUT2D eigenvalue weighted by atomic mass is 28.3. The third-order valence-electron chi connectivity index (χ3n) is 7.10. The van der Waals surface area contributed by atoms with Crippen molar-refractivity contribution in [3.63, 3.8) is 0 Å². The van der Waals surface area contributed by atoms with Gasteiger partial charge in [-0.3, -0.25) is 0 Å². The molecule has 0 radical (unpaired) electrons. The minimum absolute atomic E-state index is 0.895. The molecule has 32 heavy (non-hydrogen) atoms. The number of methoxy groups -OCH3 is 2. The quantitative estimate of drug-likeness (QED) is 0.477. The van der Waals surface area contributed by atoms with Crippen LogP contribution in [-0.2, 0) is 0 Å². The van der Waals surface area contributed by atoms with Crippen molar-refractivity contribution in [3.05, 3.63) is 72.8 Å². The molecule has 0 saturated heterocycles. The van der Waals surface area contributed by atoms with E-state index in [1.807, 2.05) is 0 Å². The molecule has 4 nitrogen and oxygen atoms in total. The fourth-order valence-electron chi connectivity index (χ4n) is 4.32. The molecule has 0 aliphatic heterocycles. The maximum atomic E-state index is 5.37. The van der Waals surface area contributed by atoms with E-state index in [0.29, 0.717) is 0 Å². The minimum atomic E-state index is -2.05. The van der Waals surface area contributed by atoms with Crippen molar-refractivity contribution >= 4 is 37.2 Å². The molecule has 3 aromatic carbocycles. The van der Waals surface area contributed by atoms with Gasteiger partial charge in [0.25, 0.3) is 0 Å². The van der Waals surface area contributed by atoms with Crippen LogP contribution in [0.3, 0.4) is 0 Å². The van der Waals surface area contributed by atoms with Gasteiger partial charge in [0.2, 0.25) is 0 Å². The summed E-state index contributed by atoms with van der Waals surface area (Å²) in [5.41, 5.74) is 0. The van der Waals surface area contributed by atoms with E-state index in [1.165, 1.54) is 20.7 Å². The molecule has 0 N–H and O–H groups in total. The van der Waals surface area contributed by atoms with Gasteiger partial charge in [-0.2, -0.15) is 0 Å². The third kappa shape index (κ3) is 4.28. The van der Waals surface area contributed by atoms with E-state index in [4.69, 9.17) is 9.47 Å². The highest BCUT2D eigenvalue weighted by Crippen LogP contribution is 2.15. The zero-order valence-corrected chi connectivity index (χ0v) is 22.6. The van der Waals surface area contributed by atoms with Crippen LogP contribution < -0.4 is 30.2 Å². The van der Waals surface area contributed by atoms with Crippen LogP contribution in [0.4, 0.5) is 0 Å². The molecule has 2 unspecified atom stereocenters. The second-order valence-corrected chi connectivity index (χ2v) is 17.4. The first-order chi connectivity index (χ1) is 15.2. The normalized spacial score (nSPS) is 15.3. The lowest BCUT2D eigenvalue weighted by Crippen LogP contribution is -2.67. The van der Waals surface area contributed by atoms with Crippen molar-refractivity contribution < 1.29 is 9.47 Å². The van der Waals surface area contributed by atoms with Gasteiger partial charge in [-0.25, -0.2) is 0 Å². The summed E-state index contributed by atoms with van der Waals surface area (Å²) in [5, 5.41) is 5.56. The molecular weight excluding hydrogens is 428 g/mol. The summed E-state index contributed by atoms with van der Waals surface area (Å²) in [6.07, 6.45) is 0. The molecule has 2 atom stereocenters. The zero-order chi connectivity index (χ0) is 23.5. The van der Waals surface area contributed by atoms with Crippen molar-refractivity contribution in [2.75, 3.05) is 42.4 Å². The van der Waals surface area contributed by atoms with Gasteiger partial charge < -0.3 is 18.6 Å². The maximum absolute atomic E-state index is 5.37. The van der Waals surface area contributed by atoms with Crippen LogP contribution in [0.1, 0.15) is 0 Å². The van der Waals surface area contributed by atoms with Crippen LogP contribution in [0.2, 0.25) is 13.1 Å². The molecule has 0 heterocycles. The Morgan fingerprint density at radius 1 is 0.469 bits per heavy atom. The zero-order valence-electron chi connectivity index (χ0n) is 20.6. The molecular formula is C26H36N2O2Si2. The molecule has 170 valence electrons. The van der Waals surface area contributed by atoms with Gasteiger partial charge in [0.1, 0.15) is 11.5 Å². The first-order valence-corrected chi connectivity index (χ1v) is 15.8. The van der Waals surface area contributed by atoms with Gasteiger partial charge in [0.15, 0.2) is 16.5 Å². The average Bonchev–Trinajstić information content (AvgIpc) is 2.83. The molecule has 0 aliphatic carbocycles. The van der Waals surface area contributed by atoms with Gasteiger partial charge >= 0.3 is 0 Å². The minimum Gasteiger partial charge on any atom is -0.497 e. The van der Waals surface area contributed by atoms with E-state index < -0.39 is 16.5 Å². The smallest absolute Gasteiger partial charge is 0.189 e. The fraction of sp³-hybridized carbons (Fsp3) is 0.308. The highest BCUT2D eigenvalue weighted by molar-refractivity contribution is 7.00. The van der Waals surface area contributed by atoms with E-state index in [1.54, 1.807) is 14.2 Å². The van der Waals surface area contributed by atoms with Crippen LogP contribution in [0.5, 0.6) is 11.5 Å². The first-order valence-electron chi connectivity index (χ1n) is 10.9. The molecule has 3 aromatic rings. The molecule has 0 aromatic heterocycles. The predicted octanol–water partition coefficient (Wildman–Crippen LogP) is 2.21. The largest absolute Gasteiger partial charge is 0.497 e. The Kier molecular flexibility index (Phi) is 7.30. The molecule has 0 amide bonds. The van der Waals surface area contributed by atoms with E-state index in [9.17, 15) is 0 Å². The van der Waals surface area contributed by atoms with Crippen LogP contribution in [0.25, 0.3) is 0 Å². The van der Waals surface area contributed by atoms with Crippen molar-refractivity contribution in [2.24, 2.45) is 0 Å². The summed E-state index contributed by atoms with van der Waals surface area (Å²) in [7, 11) is 8.10. The number of rotatable bonds is 8. The second kappa shape index (κ2) is 9.62. The molecule has 0 fully saturated rings. The number of benzene rings is 3. The Morgan fingerprint density at radius 2 is 0.688 bits per heavy atom. The van der Waals surface area contributed by atoms with E-state index >= 15 is 0 Å². The molecule has 0 aliphatic rings. The Morgan fingerprint density at radius 3 is 0.875 bits per heavy atom. The summed E-state index contributed by atoms with van der Waals surface area (Å²) in [5.74, 6) is 1.79. The molecule has 0 spiro atoms. The van der Waals surface area contributed by atoms with Crippen LogP contribution >= 0.6 is 0 Å². The Labute approximate surface area is 195 Å². The Hall–Kier alpha value is -2.39. The van der Waals surface area contributed by atoms with Gasteiger partial charge in [-0.05, 0) is 86.3 Å². The van der Waals surface area contributed by atoms with Crippen LogP contribution in [0, 0.1) is 0 Å². The second-order valence-electron chi connectivity index (χ2n) is 8.97. The van der Waals surface area contributed by atoms with Crippen molar-refractivity contribution in [1.82, 2.24) is 9.13 Å². The number of hydrogen-bond donors (Lipinski definition) is 0. The van der Waals surface area contributed by atoms with Gasteiger partial charge in [0.05, 0.1) is 14.2 Å². The summed E-state index contributed by atoms with van der Waals surface area (Å²) in [6, 6.07) is 26.5. The predicted molar refractivity (Wildman–Crippen MR) is 142 cm³/mol. The molecule has 3 rings (SSSR count). The SMILES string of the molecule is COc1ccc([Si](C)(c2ccc([Si](C)(c3ccc(OC)cc3)N(C)C)cc2)N(C)C)cc1. The lowest BCUT2D eigenvalue weighted by atomic mass is 10.3. The maximum Gasteiger partial charge on any atom is 0.189 e. The molecule has 0 saturated carbocycles. The molecule has 0 bridgehead atoms. The van der Waals surface area contributed by atoms with Crippen molar-refractivity contribution in [1.29, 1.82) is 0 Å². The van der Waals surface area contributed by atoms with E-state index in [0.717, 1.165) is 11.5 Å². The molecule has 6 heteroatoms. The first kappa shape index (κ1) is 24.3. The number of nitrogens with zero attached hydrogens (tertiary/aromatic N) is 2. The summed E-state index contributed by atoms with van der Waals surface area (Å²) in [6.45, 7) is 4.83. The number of hydrogen-bond acceptors (Lipinski definition) is 4. The lowest BCUT2D eigenvalue weighted by Gasteiger charge is -2.37. The third-order valence-corrected chi connectivity index (χ3v) is 16.5. The topological polar surface area (TPSA) is 24.9 Å². The van der Waals surface area contributed by atoms with Gasteiger partial charge in [0, 0.05) is 0 Å². The van der Waals surface area contributed by atoms with Gasteiger partial charge in [-0.15, -0.1) is 0 Å². The summed E-state index contributed by atoms with van der Waals surface area (Å²) >= 11 is 0. The van der Waals surface area contributed by atoms with E-state index in [-0.39, 0.29) is 0 Å². The van der Waals surface area contributed by atoms with Crippen LogP contribution in [0.15, 0.2) is 72.8 Å². The number of ether oxygens (including phenoxy) is 2. The fourth-order valence-corrected chi connectivity index (χ4v) is 10.3.